The summed E-state index contributed by atoms with van der Waals surface area (Å²) in [5.74, 6) is -0.0569. The van der Waals surface area contributed by atoms with Crippen LogP contribution in [0.2, 0.25) is 0 Å². The summed E-state index contributed by atoms with van der Waals surface area (Å²) in [4.78, 5) is 14.0. The first-order chi connectivity index (χ1) is 8.43. The molecule has 0 aromatic heterocycles. The van der Waals surface area contributed by atoms with Crippen molar-refractivity contribution in [1.82, 2.24) is 4.90 Å². The normalized spacial score (nSPS) is 15.4. The van der Waals surface area contributed by atoms with Gasteiger partial charge >= 0.3 is 0 Å². The summed E-state index contributed by atoms with van der Waals surface area (Å²) in [6, 6.07) is 6.07. The second-order valence-corrected chi connectivity index (χ2v) is 6.85. The molecule has 1 aliphatic rings. The first kappa shape index (κ1) is 13.4. The fourth-order valence-electron chi connectivity index (χ4n) is 1.88. The summed E-state index contributed by atoms with van der Waals surface area (Å²) in [7, 11) is 1.49. The van der Waals surface area contributed by atoms with Gasteiger partial charge in [-0.1, -0.05) is 0 Å². The molecule has 0 atom stereocenters. The van der Waals surface area contributed by atoms with Crippen LogP contribution < -0.4 is 0 Å². The van der Waals surface area contributed by atoms with Gasteiger partial charge in [-0.05, 0) is 44.0 Å². The zero-order valence-corrected chi connectivity index (χ0v) is 11.5. The van der Waals surface area contributed by atoms with Gasteiger partial charge in [0.25, 0.3) is 15.0 Å². The van der Waals surface area contributed by atoms with Crippen LogP contribution in [0, 0.1) is 0 Å². The second-order valence-electron chi connectivity index (χ2n) is 4.28. The number of halogens is 1. The predicted molar refractivity (Wildman–Crippen MR) is 69.2 cm³/mol. The van der Waals surface area contributed by atoms with E-state index in [1.807, 2.05) is 11.8 Å². The smallest absolute Gasteiger partial charge is 0.261 e. The van der Waals surface area contributed by atoms with Gasteiger partial charge in [0, 0.05) is 28.8 Å². The van der Waals surface area contributed by atoms with E-state index >= 15 is 0 Å². The molecule has 0 N–H and O–H groups in total. The summed E-state index contributed by atoms with van der Waals surface area (Å²) in [5, 5.41) is 0. The van der Waals surface area contributed by atoms with Crippen molar-refractivity contribution in [3.63, 3.8) is 0 Å². The molecule has 98 valence electrons. The van der Waals surface area contributed by atoms with E-state index in [4.69, 9.17) is 10.7 Å². The molecule has 1 fully saturated rings. The van der Waals surface area contributed by atoms with Crippen molar-refractivity contribution in [2.45, 2.75) is 30.7 Å². The second kappa shape index (κ2) is 4.90. The molecule has 6 heteroatoms. The van der Waals surface area contributed by atoms with Crippen molar-refractivity contribution >= 4 is 25.6 Å². The van der Waals surface area contributed by atoms with Gasteiger partial charge < -0.3 is 4.90 Å². The van der Waals surface area contributed by atoms with Crippen LogP contribution in [0.25, 0.3) is 0 Å². The van der Waals surface area contributed by atoms with Gasteiger partial charge in [-0.3, -0.25) is 4.79 Å². The van der Waals surface area contributed by atoms with Gasteiger partial charge in [0.1, 0.15) is 0 Å². The van der Waals surface area contributed by atoms with Crippen LogP contribution in [0.1, 0.15) is 30.1 Å². The maximum atomic E-state index is 12.2. The standard InChI is InChI=1S/C12H14ClNO3S/c1-2-14(10-5-6-10)12(15)9-3-7-11(8-4-9)18(13,16)17/h3-4,7-8,10H,2,5-6H2,1H3. The molecule has 0 spiro atoms. The molecule has 0 radical (unpaired) electrons. The van der Waals surface area contributed by atoms with Gasteiger partial charge in [0.05, 0.1) is 4.90 Å². The molecule has 1 saturated carbocycles. The highest BCUT2D eigenvalue weighted by Crippen LogP contribution is 2.28. The van der Waals surface area contributed by atoms with E-state index in [0.717, 1.165) is 12.8 Å². The van der Waals surface area contributed by atoms with Crippen molar-refractivity contribution in [3.05, 3.63) is 29.8 Å². The third-order valence-corrected chi connectivity index (χ3v) is 4.34. The monoisotopic (exact) mass is 287 g/mol. The van der Waals surface area contributed by atoms with Gasteiger partial charge in [-0.2, -0.15) is 0 Å². The molecule has 4 nitrogen and oxygen atoms in total. The number of nitrogens with zero attached hydrogens (tertiary/aromatic N) is 1. The van der Waals surface area contributed by atoms with Crippen LogP contribution in [-0.2, 0) is 9.05 Å². The Balaban J connectivity index is 2.21. The van der Waals surface area contributed by atoms with Crippen LogP contribution in [0.4, 0.5) is 0 Å². The van der Waals surface area contributed by atoms with Gasteiger partial charge in [0.2, 0.25) is 0 Å². The molecule has 0 unspecified atom stereocenters. The molecular formula is C12H14ClNO3S. The maximum Gasteiger partial charge on any atom is 0.261 e. The zero-order valence-electron chi connectivity index (χ0n) is 9.97. The average molecular weight is 288 g/mol. The maximum absolute atomic E-state index is 12.2. The van der Waals surface area contributed by atoms with E-state index in [0.29, 0.717) is 18.2 Å². The molecule has 0 bridgehead atoms. The van der Waals surface area contributed by atoms with Crippen LogP contribution in [0.15, 0.2) is 29.2 Å². The highest BCUT2D eigenvalue weighted by atomic mass is 35.7. The van der Waals surface area contributed by atoms with E-state index in [2.05, 4.69) is 0 Å². The third kappa shape index (κ3) is 2.84. The van der Waals surface area contributed by atoms with E-state index in [9.17, 15) is 13.2 Å². The lowest BCUT2D eigenvalue weighted by molar-refractivity contribution is 0.0752. The Morgan fingerprint density at radius 2 is 1.89 bits per heavy atom. The van der Waals surface area contributed by atoms with Crippen molar-refractivity contribution in [1.29, 1.82) is 0 Å². The summed E-state index contributed by atoms with van der Waals surface area (Å²) in [6.07, 6.45) is 2.10. The van der Waals surface area contributed by atoms with E-state index in [-0.39, 0.29) is 10.8 Å². The minimum absolute atomic E-state index is 0.00943. The summed E-state index contributed by atoms with van der Waals surface area (Å²) >= 11 is 0. The fourth-order valence-corrected chi connectivity index (χ4v) is 2.65. The number of carbonyl (C=O) groups excluding carboxylic acids is 1. The summed E-state index contributed by atoms with van der Waals surface area (Å²) < 4.78 is 22.2. The topological polar surface area (TPSA) is 54.5 Å². The lowest BCUT2D eigenvalue weighted by atomic mass is 10.2. The quantitative estimate of drug-likeness (QED) is 0.798. The number of amides is 1. The SMILES string of the molecule is CCN(C(=O)c1ccc(S(=O)(=O)Cl)cc1)C1CC1. The fraction of sp³-hybridized carbons (Fsp3) is 0.417. The van der Waals surface area contributed by atoms with Gasteiger partial charge in [0.15, 0.2) is 0 Å². The van der Waals surface area contributed by atoms with E-state index in [1.54, 1.807) is 0 Å². The van der Waals surface area contributed by atoms with Gasteiger partial charge in [-0.25, -0.2) is 8.42 Å². The highest BCUT2D eigenvalue weighted by Gasteiger charge is 2.31. The molecule has 0 saturated heterocycles. The van der Waals surface area contributed by atoms with Crippen LogP contribution in [-0.4, -0.2) is 31.8 Å². The summed E-state index contributed by atoms with van der Waals surface area (Å²) in [5.41, 5.74) is 0.493. The predicted octanol–water partition coefficient (Wildman–Crippen LogP) is 2.24. The molecule has 1 amide bonds. The van der Waals surface area contributed by atoms with Crippen molar-refractivity contribution < 1.29 is 13.2 Å². The molecule has 1 aromatic carbocycles. The first-order valence-corrected chi connectivity index (χ1v) is 8.10. The molecule has 0 aliphatic heterocycles. The first-order valence-electron chi connectivity index (χ1n) is 5.79. The van der Waals surface area contributed by atoms with Crippen molar-refractivity contribution in [2.24, 2.45) is 0 Å². The van der Waals surface area contributed by atoms with Crippen LogP contribution in [0.3, 0.4) is 0 Å². The van der Waals surface area contributed by atoms with Crippen molar-refractivity contribution in [3.8, 4) is 0 Å². The molecule has 0 heterocycles. The Kier molecular flexibility index (Phi) is 3.64. The lowest BCUT2D eigenvalue weighted by Gasteiger charge is -2.20. The zero-order chi connectivity index (χ0) is 13.3. The number of carbonyl (C=O) groups is 1. The van der Waals surface area contributed by atoms with Crippen molar-refractivity contribution in [2.75, 3.05) is 6.54 Å². The Morgan fingerprint density at radius 1 is 1.33 bits per heavy atom. The number of benzene rings is 1. The lowest BCUT2D eigenvalue weighted by Crippen LogP contribution is -2.32. The number of hydrogen-bond donors (Lipinski definition) is 0. The number of rotatable bonds is 4. The van der Waals surface area contributed by atoms with E-state index in [1.165, 1.54) is 24.3 Å². The number of hydrogen-bond acceptors (Lipinski definition) is 3. The molecule has 2 rings (SSSR count). The van der Waals surface area contributed by atoms with Crippen LogP contribution >= 0.6 is 10.7 Å². The largest absolute Gasteiger partial charge is 0.336 e. The Bertz CT molecular complexity index is 549. The van der Waals surface area contributed by atoms with Crippen LogP contribution in [0.5, 0.6) is 0 Å². The summed E-state index contributed by atoms with van der Waals surface area (Å²) in [6.45, 7) is 2.60. The molecule has 18 heavy (non-hydrogen) atoms. The Hall–Kier alpha value is -1.07. The average Bonchev–Trinajstić information content (AvgIpc) is 3.13. The molecule has 1 aromatic rings. The molecular weight excluding hydrogens is 274 g/mol. The Labute approximate surface area is 111 Å². The van der Waals surface area contributed by atoms with Gasteiger partial charge in [-0.15, -0.1) is 0 Å². The minimum Gasteiger partial charge on any atom is -0.336 e. The van der Waals surface area contributed by atoms with E-state index < -0.39 is 9.05 Å². The highest BCUT2D eigenvalue weighted by molar-refractivity contribution is 8.13. The molecule has 1 aliphatic carbocycles. The third-order valence-electron chi connectivity index (χ3n) is 2.97. The minimum atomic E-state index is -3.73. The Morgan fingerprint density at radius 3 is 2.28 bits per heavy atom.